The molecular formula is C7H10ClNO3S. The predicted octanol–water partition coefficient (Wildman–Crippen LogP) is 0.731. The quantitative estimate of drug-likeness (QED) is 0.662. The minimum absolute atomic E-state index is 0.184. The summed E-state index contributed by atoms with van der Waals surface area (Å²) in [6.45, 7) is 2.28. The third-order valence-corrected chi connectivity index (χ3v) is 3.60. The van der Waals surface area contributed by atoms with Crippen molar-refractivity contribution in [3.8, 4) is 6.07 Å². The summed E-state index contributed by atoms with van der Waals surface area (Å²) in [5.74, 6) is -0.536. The zero-order valence-corrected chi connectivity index (χ0v) is 8.73. The SMILES string of the molecule is CC(C#N)C1(CS(=O)(=O)Cl)COC1. The van der Waals surface area contributed by atoms with E-state index in [1.54, 1.807) is 6.92 Å². The highest BCUT2D eigenvalue weighted by atomic mass is 35.7. The fraction of sp³-hybridized carbons (Fsp3) is 0.857. The normalized spacial score (nSPS) is 22.8. The highest BCUT2D eigenvalue weighted by Gasteiger charge is 2.46. The van der Waals surface area contributed by atoms with Gasteiger partial charge in [0, 0.05) is 16.1 Å². The molecule has 1 aliphatic heterocycles. The van der Waals surface area contributed by atoms with Crippen LogP contribution in [0, 0.1) is 22.7 Å². The van der Waals surface area contributed by atoms with Gasteiger partial charge in [-0.15, -0.1) is 0 Å². The molecule has 1 heterocycles. The summed E-state index contributed by atoms with van der Waals surface area (Å²) in [5.41, 5.74) is -0.588. The molecule has 1 rings (SSSR count). The van der Waals surface area contributed by atoms with Crippen LogP contribution in [0.1, 0.15) is 6.92 Å². The third kappa shape index (κ3) is 2.33. The van der Waals surface area contributed by atoms with Crippen molar-refractivity contribution in [3.63, 3.8) is 0 Å². The number of hydrogen-bond donors (Lipinski definition) is 0. The zero-order chi connectivity index (χ0) is 10.1. The summed E-state index contributed by atoms with van der Waals surface area (Å²) >= 11 is 0. The molecule has 0 spiro atoms. The van der Waals surface area contributed by atoms with E-state index in [0.717, 1.165) is 0 Å². The van der Waals surface area contributed by atoms with E-state index < -0.39 is 14.5 Å². The summed E-state index contributed by atoms with van der Waals surface area (Å²) in [5, 5.41) is 8.69. The Morgan fingerprint density at radius 1 is 1.69 bits per heavy atom. The average Bonchev–Trinajstić information content (AvgIpc) is 1.93. The monoisotopic (exact) mass is 223 g/mol. The van der Waals surface area contributed by atoms with Crippen LogP contribution in [-0.2, 0) is 13.8 Å². The van der Waals surface area contributed by atoms with Crippen molar-refractivity contribution >= 4 is 19.7 Å². The van der Waals surface area contributed by atoms with Gasteiger partial charge in [-0.1, -0.05) is 0 Å². The number of rotatable bonds is 3. The van der Waals surface area contributed by atoms with Crippen LogP contribution >= 0.6 is 10.7 Å². The Bertz CT molecular complexity index is 328. The van der Waals surface area contributed by atoms with Crippen LogP contribution in [0.15, 0.2) is 0 Å². The molecule has 1 unspecified atom stereocenters. The van der Waals surface area contributed by atoms with E-state index >= 15 is 0 Å². The van der Waals surface area contributed by atoms with Gasteiger partial charge in [-0.25, -0.2) is 8.42 Å². The number of nitrogens with zero attached hydrogens (tertiary/aromatic N) is 1. The maximum absolute atomic E-state index is 10.9. The Labute approximate surface area is 81.9 Å². The molecule has 0 radical (unpaired) electrons. The summed E-state index contributed by atoms with van der Waals surface area (Å²) in [4.78, 5) is 0. The molecule has 6 heteroatoms. The summed E-state index contributed by atoms with van der Waals surface area (Å²) < 4.78 is 26.7. The molecule has 74 valence electrons. The predicted molar refractivity (Wildman–Crippen MR) is 47.7 cm³/mol. The lowest BCUT2D eigenvalue weighted by atomic mass is 9.77. The van der Waals surface area contributed by atoms with Crippen molar-refractivity contribution < 1.29 is 13.2 Å². The van der Waals surface area contributed by atoms with Gasteiger partial charge in [0.25, 0.3) is 0 Å². The average molecular weight is 224 g/mol. The van der Waals surface area contributed by atoms with Crippen LogP contribution in [0.4, 0.5) is 0 Å². The van der Waals surface area contributed by atoms with Crippen LogP contribution in [0.3, 0.4) is 0 Å². The maximum Gasteiger partial charge on any atom is 0.233 e. The summed E-state index contributed by atoms with van der Waals surface area (Å²) in [7, 11) is 1.58. The van der Waals surface area contributed by atoms with Crippen LogP contribution < -0.4 is 0 Å². The van der Waals surface area contributed by atoms with Gasteiger partial charge in [-0.3, -0.25) is 0 Å². The molecule has 0 aromatic carbocycles. The fourth-order valence-corrected chi connectivity index (χ4v) is 3.06. The van der Waals surface area contributed by atoms with E-state index in [1.807, 2.05) is 6.07 Å². The number of ether oxygens (including phenoxy) is 1. The molecule has 1 saturated heterocycles. The van der Waals surface area contributed by atoms with Crippen molar-refractivity contribution in [2.45, 2.75) is 6.92 Å². The van der Waals surface area contributed by atoms with Crippen molar-refractivity contribution in [1.82, 2.24) is 0 Å². The van der Waals surface area contributed by atoms with E-state index in [0.29, 0.717) is 13.2 Å². The first-order valence-electron chi connectivity index (χ1n) is 3.79. The molecule has 1 atom stereocenters. The van der Waals surface area contributed by atoms with E-state index in [2.05, 4.69) is 0 Å². The first-order valence-corrected chi connectivity index (χ1v) is 6.27. The number of nitriles is 1. The molecule has 0 aliphatic carbocycles. The van der Waals surface area contributed by atoms with Crippen LogP contribution in [0.25, 0.3) is 0 Å². The molecule has 1 fully saturated rings. The van der Waals surface area contributed by atoms with Gasteiger partial charge in [0.2, 0.25) is 9.05 Å². The second-order valence-corrected chi connectivity index (χ2v) is 6.17. The minimum Gasteiger partial charge on any atom is -0.380 e. The second kappa shape index (κ2) is 3.45. The van der Waals surface area contributed by atoms with Crippen molar-refractivity contribution in [3.05, 3.63) is 0 Å². The minimum atomic E-state index is -3.56. The Kier molecular flexibility index (Phi) is 2.85. The van der Waals surface area contributed by atoms with Crippen LogP contribution in [0.2, 0.25) is 0 Å². The standard InChI is InChI=1S/C7H10ClNO3S/c1-6(2-9)7(3-12-4-7)5-13(8,10)11/h6H,3-5H2,1H3. The Hall–Kier alpha value is -0.310. The fourth-order valence-electron chi connectivity index (χ4n) is 1.30. The molecule has 13 heavy (non-hydrogen) atoms. The topological polar surface area (TPSA) is 67.2 Å². The van der Waals surface area contributed by atoms with Crippen LogP contribution in [0.5, 0.6) is 0 Å². The van der Waals surface area contributed by atoms with E-state index in [9.17, 15) is 8.42 Å². The molecule has 0 aromatic heterocycles. The van der Waals surface area contributed by atoms with Gasteiger partial charge in [-0.05, 0) is 6.92 Å². The molecule has 0 aromatic rings. The lowest BCUT2D eigenvalue weighted by molar-refractivity contribution is -0.116. The van der Waals surface area contributed by atoms with Crippen molar-refractivity contribution in [2.24, 2.45) is 11.3 Å². The number of hydrogen-bond acceptors (Lipinski definition) is 4. The van der Waals surface area contributed by atoms with Gasteiger partial charge in [0.15, 0.2) is 0 Å². The largest absolute Gasteiger partial charge is 0.380 e. The maximum atomic E-state index is 10.9. The molecular weight excluding hydrogens is 214 g/mol. The van der Waals surface area contributed by atoms with Gasteiger partial charge in [0.1, 0.15) is 0 Å². The first-order chi connectivity index (χ1) is 5.90. The van der Waals surface area contributed by atoms with E-state index in [4.69, 9.17) is 20.7 Å². The summed E-state index contributed by atoms with van der Waals surface area (Å²) in [6, 6.07) is 2.03. The highest BCUT2D eigenvalue weighted by molar-refractivity contribution is 8.13. The summed E-state index contributed by atoms with van der Waals surface area (Å²) in [6.07, 6.45) is 0. The van der Waals surface area contributed by atoms with E-state index in [-0.39, 0.29) is 11.7 Å². The molecule has 4 nitrogen and oxygen atoms in total. The van der Waals surface area contributed by atoms with E-state index in [1.165, 1.54) is 0 Å². The molecule has 0 amide bonds. The molecule has 0 bridgehead atoms. The zero-order valence-electron chi connectivity index (χ0n) is 7.16. The van der Waals surface area contributed by atoms with Gasteiger partial charge in [-0.2, -0.15) is 5.26 Å². The van der Waals surface area contributed by atoms with Gasteiger partial charge >= 0.3 is 0 Å². The Morgan fingerprint density at radius 3 is 2.46 bits per heavy atom. The lowest BCUT2D eigenvalue weighted by Gasteiger charge is -2.42. The van der Waals surface area contributed by atoms with Gasteiger partial charge in [0.05, 0.1) is 31.0 Å². The molecule has 1 aliphatic rings. The highest BCUT2D eigenvalue weighted by Crippen LogP contribution is 2.37. The van der Waals surface area contributed by atoms with Crippen molar-refractivity contribution in [2.75, 3.05) is 19.0 Å². The lowest BCUT2D eigenvalue weighted by Crippen LogP contribution is -2.51. The number of halogens is 1. The smallest absolute Gasteiger partial charge is 0.233 e. The first kappa shape index (κ1) is 10.8. The van der Waals surface area contributed by atoms with Gasteiger partial charge < -0.3 is 4.74 Å². The second-order valence-electron chi connectivity index (χ2n) is 3.39. The van der Waals surface area contributed by atoms with Crippen molar-refractivity contribution in [1.29, 1.82) is 5.26 Å². The Morgan fingerprint density at radius 2 is 2.23 bits per heavy atom. The molecule has 0 N–H and O–H groups in total. The Balaban J connectivity index is 2.78. The molecule has 0 saturated carbocycles. The third-order valence-electron chi connectivity index (χ3n) is 2.35. The van der Waals surface area contributed by atoms with Crippen LogP contribution in [-0.4, -0.2) is 27.4 Å².